The first-order valence-electron chi connectivity index (χ1n) is 6.86. The summed E-state index contributed by atoms with van der Waals surface area (Å²) in [6.07, 6.45) is -1.88. The average Bonchev–Trinajstić information content (AvgIpc) is 2.42. The molecule has 1 amide bonds. The predicted molar refractivity (Wildman–Crippen MR) is 82.4 cm³/mol. The van der Waals surface area contributed by atoms with Crippen LogP contribution in [-0.2, 0) is 11.3 Å². The number of aromatic nitrogens is 1. The number of alkyl halides is 3. The van der Waals surface area contributed by atoms with Crippen molar-refractivity contribution in [2.24, 2.45) is 5.73 Å². The van der Waals surface area contributed by atoms with Gasteiger partial charge in [0.2, 0.25) is 11.8 Å². The summed E-state index contributed by atoms with van der Waals surface area (Å²) in [6, 6.07) is 3.09. The molecule has 5 nitrogen and oxygen atoms in total. The molecular formula is C14H21ClF3N3O2. The molecule has 1 unspecified atom stereocenters. The van der Waals surface area contributed by atoms with E-state index in [0.717, 1.165) is 6.42 Å². The third kappa shape index (κ3) is 7.51. The van der Waals surface area contributed by atoms with E-state index in [0.29, 0.717) is 12.0 Å². The summed E-state index contributed by atoms with van der Waals surface area (Å²) in [4.78, 5) is 15.7. The molecule has 0 aliphatic rings. The number of rotatable bonds is 7. The van der Waals surface area contributed by atoms with Gasteiger partial charge in [-0.1, -0.05) is 19.4 Å². The van der Waals surface area contributed by atoms with Crippen LogP contribution in [0.3, 0.4) is 0 Å². The van der Waals surface area contributed by atoms with Gasteiger partial charge in [0.05, 0.1) is 5.54 Å². The zero-order valence-corrected chi connectivity index (χ0v) is 13.8. The van der Waals surface area contributed by atoms with Crippen molar-refractivity contribution in [1.29, 1.82) is 0 Å². The second-order valence-corrected chi connectivity index (χ2v) is 5.22. The van der Waals surface area contributed by atoms with Gasteiger partial charge in [-0.2, -0.15) is 13.2 Å². The zero-order chi connectivity index (χ0) is 16.8. The summed E-state index contributed by atoms with van der Waals surface area (Å²) in [5, 5.41) is 2.60. The van der Waals surface area contributed by atoms with E-state index in [4.69, 9.17) is 5.73 Å². The van der Waals surface area contributed by atoms with Gasteiger partial charge < -0.3 is 15.8 Å². The fourth-order valence-corrected chi connectivity index (χ4v) is 1.85. The minimum atomic E-state index is -4.45. The van der Waals surface area contributed by atoms with Gasteiger partial charge in [0.15, 0.2) is 6.61 Å². The molecule has 1 heterocycles. The summed E-state index contributed by atoms with van der Waals surface area (Å²) < 4.78 is 41.2. The van der Waals surface area contributed by atoms with Gasteiger partial charge in [-0.05, 0) is 19.4 Å². The molecule has 1 aromatic heterocycles. The van der Waals surface area contributed by atoms with E-state index in [2.05, 4.69) is 15.0 Å². The molecule has 0 aromatic carbocycles. The topological polar surface area (TPSA) is 77.2 Å². The van der Waals surface area contributed by atoms with Crippen LogP contribution in [0.4, 0.5) is 13.2 Å². The molecule has 0 radical (unpaired) electrons. The Balaban J connectivity index is 0.00000484. The van der Waals surface area contributed by atoms with Gasteiger partial charge in [0.1, 0.15) is 0 Å². The Labute approximate surface area is 139 Å². The number of nitrogens with two attached hydrogens (primary N) is 1. The van der Waals surface area contributed by atoms with E-state index in [1.165, 1.54) is 12.3 Å². The molecular weight excluding hydrogens is 335 g/mol. The third-order valence-electron chi connectivity index (χ3n) is 2.95. The maximum atomic E-state index is 12.2. The highest BCUT2D eigenvalue weighted by atomic mass is 35.5. The summed E-state index contributed by atoms with van der Waals surface area (Å²) in [5.41, 5.74) is 5.21. The predicted octanol–water partition coefficient (Wildman–Crippen LogP) is 2.58. The lowest BCUT2D eigenvalue weighted by Gasteiger charge is -2.23. The van der Waals surface area contributed by atoms with Crippen molar-refractivity contribution in [1.82, 2.24) is 10.3 Å². The average molecular weight is 356 g/mol. The number of ether oxygens (including phenoxy) is 1. The number of halogens is 4. The summed E-state index contributed by atoms with van der Waals surface area (Å²) >= 11 is 0. The summed E-state index contributed by atoms with van der Waals surface area (Å²) in [6.45, 7) is 2.07. The Morgan fingerprint density at radius 2 is 2.09 bits per heavy atom. The van der Waals surface area contributed by atoms with Crippen LogP contribution in [0.2, 0.25) is 0 Å². The lowest BCUT2D eigenvalue weighted by molar-refractivity contribution is -0.154. The molecule has 1 aromatic rings. The fourth-order valence-electron chi connectivity index (χ4n) is 1.85. The number of carbonyl (C=O) groups is 1. The highest BCUT2D eigenvalue weighted by molar-refractivity contribution is 5.85. The van der Waals surface area contributed by atoms with Crippen LogP contribution in [0.25, 0.3) is 0 Å². The third-order valence-corrected chi connectivity index (χ3v) is 2.95. The Hall–Kier alpha value is -1.54. The molecule has 1 rings (SSSR count). The van der Waals surface area contributed by atoms with Crippen molar-refractivity contribution >= 4 is 18.3 Å². The highest BCUT2D eigenvalue weighted by Gasteiger charge is 2.29. The van der Waals surface area contributed by atoms with Crippen molar-refractivity contribution in [2.45, 2.75) is 44.9 Å². The SMILES string of the molecule is CCCC(C)(N)C(=O)NCc1cccnc1OCC(F)(F)F.Cl. The first-order valence-corrected chi connectivity index (χ1v) is 6.86. The lowest BCUT2D eigenvalue weighted by atomic mass is 9.96. The van der Waals surface area contributed by atoms with Crippen molar-refractivity contribution < 1.29 is 22.7 Å². The van der Waals surface area contributed by atoms with Crippen LogP contribution < -0.4 is 15.8 Å². The van der Waals surface area contributed by atoms with E-state index >= 15 is 0 Å². The first kappa shape index (κ1) is 21.5. The number of carbonyl (C=O) groups excluding carboxylic acids is 1. The van der Waals surface area contributed by atoms with Gasteiger partial charge in [-0.15, -0.1) is 12.4 Å². The smallest absolute Gasteiger partial charge is 0.422 e. The van der Waals surface area contributed by atoms with Gasteiger partial charge in [-0.25, -0.2) is 4.98 Å². The van der Waals surface area contributed by atoms with Crippen molar-refractivity contribution in [2.75, 3.05) is 6.61 Å². The monoisotopic (exact) mass is 355 g/mol. The number of nitrogens with one attached hydrogen (secondary N) is 1. The van der Waals surface area contributed by atoms with Gasteiger partial charge in [-0.3, -0.25) is 4.79 Å². The number of nitrogens with zero attached hydrogens (tertiary/aromatic N) is 1. The van der Waals surface area contributed by atoms with Crippen LogP contribution in [0.1, 0.15) is 32.3 Å². The standard InChI is InChI=1S/C14H20F3N3O2.ClH/c1-3-6-13(2,18)12(21)20-8-10-5-4-7-19-11(10)22-9-14(15,16)17;/h4-5,7H,3,6,8-9,18H2,1-2H3,(H,20,21);1H. The second-order valence-electron chi connectivity index (χ2n) is 5.22. The Kier molecular flexibility index (Phi) is 8.33. The van der Waals surface area contributed by atoms with Gasteiger partial charge >= 0.3 is 6.18 Å². The normalized spacial score (nSPS) is 13.7. The summed E-state index contributed by atoms with van der Waals surface area (Å²) in [5.74, 6) is -0.533. The molecule has 0 aliphatic carbocycles. The van der Waals surface area contributed by atoms with Crippen LogP contribution >= 0.6 is 12.4 Å². The molecule has 0 fully saturated rings. The van der Waals surface area contributed by atoms with E-state index in [1.807, 2.05) is 6.92 Å². The maximum Gasteiger partial charge on any atom is 0.422 e. The Morgan fingerprint density at radius 1 is 1.43 bits per heavy atom. The Bertz CT molecular complexity index is 510. The second kappa shape index (κ2) is 8.93. The largest absolute Gasteiger partial charge is 0.468 e. The maximum absolute atomic E-state index is 12.2. The molecule has 0 aliphatic heterocycles. The summed E-state index contributed by atoms with van der Waals surface area (Å²) in [7, 11) is 0. The molecule has 1 atom stereocenters. The van der Waals surface area contributed by atoms with Crippen molar-refractivity contribution in [3.05, 3.63) is 23.9 Å². The van der Waals surface area contributed by atoms with Crippen molar-refractivity contribution in [3.8, 4) is 5.88 Å². The van der Waals surface area contributed by atoms with E-state index in [-0.39, 0.29) is 30.7 Å². The number of hydrogen-bond donors (Lipinski definition) is 2. The Morgan fingerprint density at radius 3 is 2.65 bits per heavy atom. The van der Waals surface area contributed by atoms with Crippen molar-refractivity contribution in [3.63, 3.8) is 0 Å². The minimum Gasteiger partial charge on any atom is -0.468 e. The lowest BCUT2D eigenvalue weighted by Crippen LogP contribution is -2.51. The number of amides is 1. The van der Waals surface area contributed by atoms with Crippen LogP contribution in [-0.4, -0.2) is 29.2 Å². The molecule has 132 valence electrons. The molecule has 0 saturated carbocycles. The van der Waals surface area contributed by atoms with Crippen LogP contribution in [0.5, 0.6) is 5.88 Å². The quantitative estimate of drug-likeness (QED) is 0.788. The first-order chi connectivity index (χ1) is 10.2. The molecule has 0 saturated heterocycles. The molecule has 3 N–H and O–H groups in total. The number of hydrogen-bond acceptors (Lipinski definition) is 4. The van der Waals surface area contributed by atoms with Gasteiger partial charge in [0.25, 0.3) is 0 Å². The highest BCUT2D eigenvalue weighted by Crippen LogP contribution is 2.20. The molecule has 23 heavy (non-hydrogen) atoms. The van der Waals surface area contributed by atoms with Gasteiger partial charge in [0, 0.05) is 18.3 Å². The van der Waals surface area contributed by atoms with E-state index in [1.54, 1.807) is 13.0 Å². The molecule has 0 spiro atoms. The van der Waals surface area contributed by atoms with Crippen LogP contribution in [0, 0.1) is 0 Å². The number of pyridine rings is 1. The van der Waals surface area contributed by atoms with E-state index < -0.39 is 18.3 Å². The van der Waals surface area contributed by atoms with E-state index in [9.17, 15) is 18.0 Å². The fraction of sp³-hybridized carbons (Fsp3) is 0.571. The zero-order valence-electron chi connectivity index (χ0n) is 12.9. The minimum absolute atomic E-state index is 0. The molecule has 9 heteroatoms. The van der Waals surface area contributed by atoms with Crippen LogP contribution in [0.15, 0.2) is 18.3 Å². The molecule has 0 bridgehead atoms.